The van der Waals surface area contributed by atoms with E-state index in [0.29, 0.717) is 0 Å². The van der Waals surface area contributed by atoms with Crippen molar-refractivity contribution in [2.75, 3.05) is 12.3 Å². The molecule has 0 bridgehead atoms. The number of hydrogen-bond acceptors (Lipinski definition) is 3. The monoisotopic (exact) mass is 118 g/mol. The fourth-order valence-electron chi connectivity index (χ4n) is 0.413. The second-order valence-electron chi connectivity index (χ2n) is 1.17. The van der Waals surface area contributed by atoms with Crippen molar-refractivity contribution in [3.05, 3.63) is 0 Å². The molecule has 1 N–H and O–H groups in total. The number of carbonyl (C=O) groups is 1. The van der Waals surface area contributed by atoms with Crippen LogP contribution in [-0.2, 0) is 4.79 Å². The molecule has 0 unspecified atom stereocenters. The number of nitrogens with zero attached hydrogens (tertiary/aromatic N) is 1. The van der Waals surface area contributed by atoms with Crippen LogP contribution >= 0.6 is 11.9 Å². The highest BCUT2D eigenvalue weighted by atomic mass is 32.2. The van der Waals surface area contributed by atoms with E-state index in [4.69, 9.17) is 0 Å². The third-order valence-corrected chi connectivity index (χ3v) is 1.58. The molecule has 0 aromatic carbocycles. The molecule has 0 aromatic rings. The zero-order chi connectivity index (χ0) is 5.11. The maximum atomic E-state index is 9.85. The van der Waals surface area contributed by atoms with Crippen molar-refractivity contribution in [1.29, 1.82) is 0 Å². The Hall–Kier alpha value is -0.220. The first-order valence-electron chi connectivity index (χ1n) is 2.04. The highest BCUT2D eigenvalue weighted by molar-refractivity contribution is 7.97. The number of hydrazine groups is 1. The van der Waals surface area contributed by atoms with Crippen molar-refractivity contribution in [1.82, 2.24) is 9.84 Å². The van der Waals surface area contributed by atoms with Crippen molar-refractivity contribution in [3.8, 4) is 0 Å². The summed E-state index contributed by atoms with van der Waals surface area (Å²) in [4.78, 5) is 9.85. The van der Waals surface area contributed by atoms with Gasteiger partial charge in [-0.2, -0.15) is 0 Å². The lowest BCUT2D eigenvalue weighted by molar-refractivity contribution is -0.115. The molecule has 0 radical (unpaired) electrons. The van der Waals surface area contributed by atoms with Crippen LogP contribution < -0.4 is 5.43 Å². The summed E-state index contributed by atoms with van der Waals surface area (Å²) < 4.78 is 1.47. The molecule has 1 fully saturated rings. The SMILES string of the molecule is O=CN1NCCS1. The van der Waals surface area contributed by atoms with Crippen LogP contribution in [0.3, 0.4) is 0 Å². The molecule has 1 aliphatic heterocycles. The molecule has 1 rings (SSSR count). The third-order valence-electron chi connectivity index (χ3n) is 0.696. The largest absolute Gasteiger partial charge is 0.276 e. The topological polar surface area (TPSA) is 32.3 Å². The van der Waals surface area contributed by atoms with E-state index in [1.54, 1.807) is 0 Å². The van der Waals surface area contributed by atoms with Crippen LogP contribution in [0, 0.1) is 0 Å². The highest BCUT2D eigenvalue weighted by Crippen LogP contribution is 2.07. The molecular weight excluding hydrogens is 112 g/mol. The number of hydrogen-bond donors (Lipinski definition) is 1. The van der Waals surface area contributed by atoms with Gasteiger partial charge in [0.05, 0.1) is 0 Å². The van der Waals surface area contributed by atoms with E-state index in [1.165, 1.54) is 16.4 Å². The summed E-state index contributed by atoms with van der Waals surface area (Å²) in [5, 5.41) is 0. The quantitative estimate of drug-likeness (QED) is 0.376. The van der Waals surface area contributed by atoms with E-state index in [1.807, 2.05) is 0 Å². The number of amides is 1. The maximum absolute atomic E-state index is 9.85. The molecule has 0 saturated carbocycles. The first kappa shape index (κ1) is 4.93. The van der Waals surface area contributed by atoms with Crippen LogP contribution in [0.1, 0.15) is 0 Å². The molecule has 1 aliphatic rings. The van der Waals surface area contributed by atoms with Gasteiger partial charge in [0.15, 0.2) is 0 Å². The molecule has 4 heteroatoms. The lowest BCUT2D eigenvalue weighted by atomic mass is 10.8. The minimum absolute atomic E-state index is 0.775. The standard InChI is InChI=1S/C3H6N2OS/c6-3-5-4-1-2-7-5/h3-4H,1-2H2. The van der Waals surface area contributed by atoms with Gasteiger partial charge in [-0.05, 0) is 11.9 Å². The Morgan fingerprint density at radius 2 is 2.71 bits per heavy atom. The van der Waals surface area contributed by atoms with Gasteiger partial charge in [0.1, 0.15) is 0 Å². The van der Waals surface area contributed by atoms with Gasteiger partial charge in [0.2, 0.25) is 6.41 Å². The smallest absolute Gasteiger partial charge is 0.234 e. The first-order chi connectivity index (χ1) is 3.43. The molecular formula is C3H6N2OS. The molecule has 0 aliphatic carbocycles. The Morgan fingerprint density at radius 1 is 1.86 bits per heavy atom. The van der Waals surface area contributed by atoms with Crippen molar-refractivity contribution < 1.29 is 4.79 Å². The summed E-state index contributed by atoms with van der Waals surface area (Å²) in [6.45, 7) is 0.906. The van der Waals surface area contributed by atoms with Crippen LogP contribution in [0.25, 0.3) is 0 Å². The van der Waals surface area contributed by atoms with Crippen LogP contribution in [0.15, 0.2) is 0 Å². The number of carbonyl (C=O) groups excluding carboxylic acids is 1. The zero-order valence-corrected chi connectivity index (χ0v) is 4.57. The molecule has 0 atom stereocenters. The normalized spacial score (nSPS) is 20.3. The van der Waals surface area contributed by atoms with Gasteiger partial charge < -0.3 is 0 Å². The molecule has 40 valence electrons. The van der Waals surface area contributed by atoms with Crippen molar-refractivity contribution in [3.63, 3.8) is 0 Å². The molecule has 1 heterocycles. The van der Waals surface area contributed by atoms with E-state index in [-0.39, 0.29) is 0 Å². The summed E-state index contributed by atoms with van der Waals surface area (Å²) in [6.07, 6.45) is 0.775. The third kappa shape index (κ3) is 1.07. The van der Waals surface area contributed by atoms with Crippen molar-refractivity contribution in [2.24, 2.45) is 0 Å². The Bertz CT molecular complexity index is 71.3. The number of rotatable bonds is 1. The minimum atomic E-state index is 0.775. The first-order valence-corrected chi connectivity index (χ1v) is 2.98. The summed E-state index contributed by atoms with van der Waals surface area (Å²) in [7, 11) is 0. The van der Waals surface area contributed by atoms with Crippen LogP contribution in [0.2, 0.25) is 0 Å². The van der Waals surface area contributed by atoms with Gasteiger partial charge in [-0.15, -0.1) is 0 Å². The Balaban J connectivity index is 2.26. The molecule has 0 spiro atoms. The average Bonchev–Trinajstić information content (AvgIpc) is 2.14. The molecule has 1 saturated heterocycles. The van der Waals surface area contributed by atoms with E-state index in [9.17, 15) is 4.79 Å². The van der Waals surface area contributed by atoms with E-state index in [2.05, 4.69) is 5.43 Å². The van der Waals surface area contributed by atoms with Crippen LogP contribution in [-0.4, -0.2) is 23.1 Å². The Morgan fingerprint density at radius 3 is 3.00 bits per heavy atom. The second kappa shape index (κ2) is 2.18. The molecule has 0 aromatic heterocycles. The van der Waals surface area contributed by atoms with Gasteiger partial charge in [-0.3, -0.25) is 4.79 Å². The fourth-order valence-corrected chi connectivity index (χ4v) is 1.04. The summed E-state index contributed by atoms with van der Waals surface area (Å²) in [5.41, 5.74) is 2.83. The van der Waals surface area contributed by atoms with E-state index < -0.39 is 0 Å². The van der Waals surface area contributed by atoms with E-state index >= 15 is 0 Å². The second-order valence-corrected chi connectivity index (χ2v) is 2.23. The predicted molar refractivity (Wildman–Crippen MR) is 28.4 cm³/mol. The highest BCUT2D eigenvalue weighted by Gasteiger charge is 2.06. The molecule has 7 heavy (non-hydrogen) atoms. The summed E-state index contributed by atoms with van der Waals surface area (Å²) in [6, 6.07) is 0. The molecule has 1 amide bonds. The Labute approximate surface area is 46.2 Å². The fraction of sp³-hybridized carbons (Fsp3) is 0.667. The lowest BCUT2D eigenvalue weighted by Gasteiger charge is -2.02. The maximum Gasteiger partial charge on any atom is 0.234 e. The number of nitrogens with one attached hydrogen (secondary N) is 1. The summed E-state index contributed by atoms with van der Waals surface area (Å²) in [5.74, 6) is 0.999. The van der Waals surface area contributed by atoms with Gasteiger partial charge in [-0.1, -0.05) is 0 Å². The van der Waals surface area contributed by atoms with Crippen molar-refractivity contribution in [2.45, 2.75) is 0 Å². The molecule has 3 nitrogen and oxygen atoms in total. The zero-order valence-electron chi connectivity index (χ0n) is 3.76. The average molecular weight is 118 g/mol. The van der Waals surface area contributed by atoms with Crippen LogP contribution in [0.5, 0.6) is 0 Å². The van der Waals surface area contributed by atoms with Crippen molar-refractivity contribution >= 4 is 18.4 Å². The minimum Gasteiger partial charge on any atom is -0.276 e. The van der Waals surface area contributed by atoms with E-state index in [0.717, 1.165) is 18.7 Å². The van der Waals surface area contributed by atoms with Gasteiger partial charge in [0.25, 0.3) is 0 Å². The van der Waals surface area contributed by atoms with Crippen LogP contribution in [0.4, 0.5) is 0 Å². The lowest BCUT2D eigenvalue weighted by Crippen LogP contribution is -2.23. The van der Waals surface area contributed by atoms with Gasteiger partial charge in [-0.25, -0.2) is 9.84 Å². The van der Waals surface area contributed by atoms with Gasteiger partial charge in [0, 0.05) is 12.3 Å². The Kier molecular flexibility index (Phi) is 1.54. The van der Waals surface area contributed by atoms with Gasteiger partial charge >= 0.3 is 0 Å². The predicted octanol–water partition coefficient (Wildman–Crippen LogP) is -0.389. The summed E-state index contributed by atoms with van der Waals surface area (Å²) >= 11 is 1.50.